The number of aliphatic imine (C=N–C) groups is 1. The van der Waals surface area contributed by atoms with Crippen LogP contribution in [-0.2, 0) is 9.53 Å². The van der Waals surface area contributed by atoms with Gasteiger partial charge in [0, 0.05) is 24.0 Å². The van der Waals surface area contributed by atoms with Gasteiger partial charge in [-0.15, -0.1) is 0 Å². The van der Waals surface area contributed by atoms with Crippen LogP contribution in [0.2, 0.25) is 0 Å². The van der Waals surface area contributed by atoms with Gasteiger partial charge in [-0.25, -0.2) is 19.4 Å². The second-order valence-corrected chi connectivity index (χ2v) is 7.36. The molecule has 2 aliphatic rings. The average molecular weight is 398 g/mol. The first kappa shape index (κ1) is 19.6. The van der Waals surface area contributed by atoms with E-state index in [-0.39, 0.29) is 36.2 Å². The zero-order chi connectivity index (χ0) is 20.2. The molecule has 1 aliphatic heterocycles. The molecule has 0 atom stereocenters. The second-order valence-electron chi connectivity index (χ2n) is 7.36. The summed E-state index contributed by atoms with van der Waals surface area (Å²) in [5.74, 6) is -0.207. The number of rotatable bonds is 4. The quantitative estimate of drug-likeness (QED) is 0.800. The molecule has 1 aromatic carbocycles. The van der Waals surface area contributed by atoms with Gasteiger partial charge in [0.25, 0.3) is 5.91 Å². The summed E-state index contributed by atoms with van der Waals surface area (Å²) in [6.45, 7) is 0.970. The maximum Gasteiger partial charge on any atom is 0.253 e. The molecule has 0 unspecified atom stereocenters. The monoisotopic (exact) mass is 398 g/mol. The summed E-state index contributed by atoms with van der Waals surface area (Å²) in [4.78, 5) is 26.3. The number of hydrogen-bond acceptors (Lipinski definition) is 6. The predicted molar refractivity (Wildman–Crippen MR) is 107 cm³/mol. The number of carbonyl (C=O) groups excluding carboxylic acids is 1. The van der Waals surface area contributed by atoms with E-state index in [4.69, 9.17) is 4.74 Å². The molecule has 29 heavy (non-hydrogen) atoms. The Balaban J connectivity index is 1.56. The van der Waals surface area contributed by atoms with Crippen LogP contribution in [0.3, 0.4) is 0 Å². The zero-order valence-corrected chi connectivity index (χ0v) is 16.0. The summed E-state index contributed by atoms with van der Waals surface area (Å²) in [7, 11) is 0. The van der Waals surface area contributed by atoms with E-state index in [9.17, 15) is 14.3 Å². The molecule has 1 saturated heterocycles. The van der Waals surface area contributed by atoms with Crippen molar-refractivity contribution >= 4 is 23.8 Å². The van der Waals surface area contributed by atoms with E-state index < -0.39 is 5.82 Å². The van der Waals surface area contributed by atoms with E-state index >= 15 is 0 Å². The largest absolute Gasteiger partial charge is 0.393 e. The number of hydrogen-bond donors (Lipinski definition) is 1. The third kappa shape index (κ3) is 4.65. The van der Waals surface area contributed by atoms with Gasteiger partial charge in [0.2, 0.25) is 5.95 Å². The van der Waals surface area contributed by atoms with E-state index in [0.29, 0.717) is 24.4 Å². The number of carbonyl (C=O) groups is 1. The summed E-state index contributed by atoms with van der Waals surface area (Å²) in [6, 6.07) is 7.06. The molecule has 2 fully saturated rings. The Morgan fingerprint density at radius 1 is 1.28 bits per heavy atom. The maximum absolute atomic E-state index is 14.4. The van der Waals surface area contributed by atoms with Gasteiger partial charge in [-0.1, -0.05) is 12.1 Å². The molecule has 7 nitrogen and oxygen atoms in total. The van der Waals surface area contributed by atoms with Crippen LogP contribution in [0.4, 0.5) is 16.0 Å². The number of ether oxygens (including phenoxy) is 1. The molecule has 0 spiro atoms. The molecule has 0 bridgehead atoms. The van der Waals surface area contributed by atoms with Gasteiger partial charge in [-0.2, -0.15) is 0 Å². The number of anilines is 1. The summed E-state index contributed by atoms with van der Waals surface area (Å²) in [5, 5.41) is 9.60. The highest BCUT2D eigenvalue weighted by Crippen LogP contribution is 2.28. The standard InChI is InChI=1S/C21H23FN4O3/c22-18-12-24-21(23-11-14-4-6-17(27)7-5-14)25-20(18)15-2-1-3-16(10-15)26-8-9-29-13-19(26)28/h1-3,10-12,14,17,27H,4-9,13H2/b23-11+. The lowest BCUT2D eigenvalue weighted by Gasteiger charge is -2.27. The lowest BCUT2D eigenvalue weighted by atomic mass is 9.88. The molecule has 1 aliphatic carbocycles. The van der Waals surface area contributed by atoms with Gasteiger partial charge >= 0.3 is 0 Å². The fourth-order valence-electron chi connectivity index (χ4n) is 3.66. The predicted octanol–water partition coefficient (Wildman–Crippen LogP) is 2.90. The molecule has 8 heteroatoms. The van der Waals surface area contributed by atoms with E-state index in [1.807, 2.05) is 6.07 Å². The Kier molecular flexibility index (Phi) is 5.92. The fourth-order valence-corrected chi connectivity index (χ4v) is 3.66. The van der Waals surface area contributed by atoms with E-state index in [1.54, 1.807) is 29.3 Å². The lowest BCUT2D eigenvalue weighted by molar-refractivity contribution is -0.125. The Morgan fingerprint density at radius 3 is 2.90 bits per heavy atom. The lowest BCUT2D eigenvalue weighted by Crippen LogP contribution is -2.41. The van der Waals surface area contributed by atoms with Crippen LogP contribution >= 0.6 is 0 Å². The number of benzene rings is 1. The third-order valence-electron chi connectivity index (χ3n) is 5.29. The van der Waals surface area contributed by atoms with Crippen LogP contribution in [0.5, 0.6) is 0 Å². The minimum atomic E-state index is -0.546. The topological polar surface area (TPSA) is 87.9 Å². The van der Waals surface area contributed by atoms with Gasteiger partial charge < -0.3 is 14.7 Å². The van der Waals surface area contributed by atoms with Crippen LogP contribution in [0.25, 0.3) is 11.3 Å². The number of aliphatic hydroxyl groups excluding tert-OH is 1. The molecule has 4 rings (SSSR count). The molecule has 1 N–H and O–H groups in total. The smallest absolute Gasteiger partial charge is 0.253 e. The van der Waals surface area contributed by atoms with Crippen molar-refractivity contribution < 1.29 is 19.0 Å². The van der Waals surface area contributed by atoms with Crippen LogP contribution in [0.1, 0.15) is 25.7 Å². The highest BCUT2D eigenvalue weighted by Gasteiger charge is 2.21. The minimum absolute atomic E-state index is 0.0448. The molecule has 1 aromatic heterocycles. The van der Waals surface area contributed by atoms with Gasteiger partial charge in [0.15, 0.2) is 5.82 Å². The Hall–Kier alpha value is -2.71. The first-order chi connectivity index (χ1) is 14.1. The molecule has 152 valence electrons. The van der Waals surface area contributed by atoms with Crippen molar-refractivity contribution in [2.24, 2.45) is 10.9 Å². The maximum atomic E-state index is 14.4. The van der Waals surface area contributed by atoms with Crippen LogP contribution < -0.4 is 4.90 Å². The summed E-state index contributed by atoms with van der Waals surface area (Å²) in [5.41, 5.74) is 1.38. The van der Waals surface area contributed by atoms with Crippen LogP contribution in [0, 0.1) is 11.7 Å². The summed E-state index contributed by atoms with van der Waals surface area (Å²) < 4.78 is 19.6. The normalized spacial score (nSPS) is 23.0. The average Bonchev–Trinajstić information content (AvgIpc) is 2.75. The molecular weight excluding hydrogens is 375 g/mol. The van der Waals surface area contributed by atoms with Crippen molar-refractivity contribution in [2.45, 2.75) is 31.8 Å². The highest BCUT2D eigenvalue weighted by atomic mass is 19.1. The van der Waals surface area contributed by atoms with Crippen LogP contribution in [-0.4, -0.2) is 53.1 Å². The zero-order valence-electron chi connectivity index (χ0n) is 16.0. The van der Waals surface area contributed by atoms with Gasteiger partial charge in [0.1, 0.15) is 12.3 Å². The number of halogens is 1. The Labute approximate surface area is 168 Å². The SMILES string of the molecule is O=C1COCCN1c1cccc(-c2nc(/N=C/C3CCC(O)CC3)ncc2F)c1. The summed E-state index contributed by atoms with van der Waals surface area (Å²) in [6.07, 6.45) is 5.96. The van der Waals surface area contributed by atoms with Gasteiger partial charge in [-0.3, -0.25) is 4.79 Å². The van der Waals surface area contributed by atoms with Crippen molar-refractivity contribution in [2.75, 3.05) is 24.7 Å². The second kappa shape index (κ2) is 8.75. The first-order valence-corrected chi connectivity index (χ1v) is 9.83. The number of nitrogens with zero attached hydrogens (tertiary/aromatic N) is 4. The minimum Gasteiger partial charge on any atom is -0.393 e. The van der Waals surface area contributed by atoms with Crippen molar-refractivity contribution in [3.8, 4) is 11.3 Å². The van der Waals surface area contributed by atoms with Gasteiger partial charge in [-0.05, 0) is 43.7 Å². The van der Waals surface area contributed by atoms with Crippen molar-refractivity contribution in [1.29, 1.82) is 0 Å². The number of morpholine rings is 1. The number of aromatic nitrogens is 2. The highest BCUT2D eigenvalue weighted by molar-refractivity contribution is 5.95. The molecular formula is C21H23FN4O3. The van der Waals surface area contributed by atoms with Crippen LogP contribution in [0.15, 0.2) is 35.5 Å². The van der Waals surface area contributed by atoms with Gasteiger partial charge in [0.05, 0.1) is 18.9 Å². The summed E-state index contributed by atoms with van der Waals surface area (Å²) >= 11 is 0. The molecule has 1 amide bonds. The fraction of sp³-hybridized carbons (Fsp3) is 0.429. The van der Waals surface area contributed by atoms with Crippen molar-refractivity contribution in [3.05, 3.63) is 36.3 Å². The Morgan fingerprint density at radius 2 is 2.10 bits per heavy atom. The third-order valence-corrected chi connectivity index (χ3v) is 5.29. The molecule has 2 heterocycles. The van der Waals surface area contributed by atoms with E-state index in [0.717, 1.165) is 31.9 Å². The van der Waals surface area contributed by atoms with E-state index in [2.05, 4.69) is 15.0 Å². The van der Waals surface area contributed by atoms with Crippen molar-refractivity contribution in [3.63, 3.8) is 0 Å². The molecule has 0 radical (unpaired) electrons. The number of amides is 1. The first-order valence-electron chi connectivity index (χ1n) is 9.83. The molecule has 2 aromatic rings. The van der Waals surface area contributed by atoms with E-state index in [1.165, 1.54) is 0 Å². The molecule has 1 saturated carbocycles. The number of aliphatic hydroxyl groups is 1. The Bertz CT molecular complexity index is 913. The van der Waals surface area contributed by atoms with Crippen molar-refractivity contribution in [1.82, 2.24) is 9.97 Å².